The molecule has 1 saturated heterocycles. The average molecular weight is 588 g/mol. The second-order valence-corrected chi connectivity index (χ2v) is 11.1. The lowest BCUT2D eigenvalue weighted by molar-refractivity contribution is -0.141. The van der Waals surface area contributed by atoms with Crippen molar-refractivity contribution in [2.75, 3.05) is 18.9 Å². The molecule has 2 aromatic carbocycles. The van der Waals surface area contributed by atoms with E-state index < -0.39 is 5.79 Å². The number of halogens is 1. The SMILES string of the molecule is [C-]#[N+]c1c(N)nc(SCc2nc(-c3ccc(Cl)cc3)oc2C)c(C#N)c1-c1ccc(OC[C@@H]2COC(C)(C)O2)cc1. The van der Waals surface area contributed by atoms with Gasteiger partial charge in [0, 0.05) is 21.9 Å². The first-order chi connectivity index (χ1) is 19.7. The number of nitriles is 1. The second-order valence-electron chi connectivity index (χ2n) is 9.73. The number of hydrogen-bond donors (Lipinski definition) is 1. The second kappa shape index (κ2) is 11.8. The number of nitrogens with two attached hydrogens (primary N) is 1. The molecule has 0 bridgehead atoms. The number of oxazole rings is 1. The van der Waals surface area contributed by atoms with Gasteiger partial charge in [-0.25, -0.2) is 14.8 Å². The Morgan fingerprint density at radius 2 is 1.88 bits per heavy atom. The number of aryl methyl sites for hydroxylation is 1. The van der Waals surface area contributed by atoms with Crippen LogP contribution in [0.25, 0.3) is 27.4 Å². The van der Waals surface area contributed by atoms with Crippen LogP contribution in [-0.2, 0) is 15.2 Å². The zero-order chi connectivity index (χ0) is 29.1. The van der Waals surface area contributed by atoms with Gasteiger partial charge in [-0.05, 0) is 62.7 Å². The molecule has 0 aliphatic carbocycles. The van der Waals surface area contributed by atoms with Gasteiger partial charge in [0.1, 0.15) is 41.1 Å². The Kier molecular flexibility index (Phi) is 8.20. The standard InChI is InChI=1S/C30H26ClN5O4S/c1-17-24(35-28(39-17)19-5-9-20(31)10-6-19)16-41-29-23(13-32)25(26(34-4)27(33)36-29)18-7-11-21(12-8-18)37-14-22-15-38-30(2,3)40-22/h5-12,22H,14-16H2,1-3H3,(H2,33,36)/t22-/m1/s1. The summed E-state index contributed by atoms with van der Waals surface area (Å²) >= 11 is 7.30. The summed E-state index contributed by atoms with van der Waals surface area (Å²) in [6.45, 7) is 14.1. The average Bonchev–Trinajstić information content (AvgIpc) is 3.51. The zero-order valence-corrected chi connectivity index (χ0v) is 24.2. The topological polar surface area (TPSA) is 121 Å². The van der Waals surface area contributed by atoms with Gasteiger partial charge in [0.15, 0.2) is 5.79 Å². The fourth-order valence-electron chi connectivity index (χ4n) is 4.34. The Bertz CT molecular complexity index is 1660. The van der Waals surface area contributed by atoms with Crippen molar-refractivity contribution in [2.45, 2.75) is 43.4 Å². The van der Waals surface area contributed by atoms with Crippen LogP contribution in [0.4, 0.5) is 11.5 Å². The molecule has 41 heavy (non-hydrogen) atoms. The number of thioether (sulfide) groups is 1. The Morgan fingerprint density at radius 1 is 1.17 bits per heavy atom. The number of anilines is 1. The Hall–Kier alpha value is -4.06. The fraction of sp³-hybridized carbons (Fsp3) is 0.267. The van der Waals surface area contributed by atoms with Crippen LogP contribution in [0.5, 0.6) is 5.75 Å². The van der Waals surface area contributed by atoms with Crippen LogP contribution in [0.3, 0.4) is 0 Å². The maximum atomic E-state index is 10.2. The van der Waals surface area contributed by atoms with E-state index in [1.165, 1.54) is 11.8 Å². The molecule has 1 aliphatic rings. The van der Waals surface area contributed by atoms with Gasteiger partial charge in [-0.15, -0.1) is 0 Å². The highest BCUT2D eigenvalue weighted by atomic mass is 35.5. The lowest BCUT2D eigenvalue weighted by atomic mass is 10.00. The molecule has 0 amide bonds. The molecule has 1 atom stereocenters. The van der Waals surface area contributed by atoms with Crippen molar-refractivity contribution in [1.29, 1.82) is 5.26 Å². The molecule has 5 rings (SSSR count). The molecule has 0 unspecified atom stereocenters. The summed E-state index contributed by atoms with van der Waals surface area (Å²) in [6, 6.07) is 16.6. The molecule has 3 heterocycles. The molecular formula is C30H26ClN5O4S. The van der Waals surface area contributed by atoms with Gasteiger partial charge < -0.3 is 24.4 Å². The van der Waals surface area contributed by atoms with Crippen LogP contribution in [0.15, 0.2) is 58.0 Å². The number of benzene rings is 2. The molecule has 4 aromatic rings. The first kappa shape index (κ1) is 28.5. The third-order valence-corrected chi connectivity index (χ3v) is 7.60. The van der Waals surface area contributed by atoms with E-state index in [2.05, 4.69) is 20.9 Å². The van der Waals surface area contributed by atoms with Crippen molar-refractivity contribution in [3.8, 4) is 34.4 Å². The molecular weight excluding hydrogens is 562 g/mol. The van der Waals surface area contributed by atoms with E-state index in [0.29, 0.717) is 63.2 Å². The van der Waals surface area contributed by atoms with Gasteiger partial charge in [-0.3, -0.25) is 0 Å². The van der Waals surface area contributed by atoms with E-state index in [1.54, 1.807) is 36.4 Å². The van der Waals surface area contributed by atoms with Gasteiger partial charge in [0.2, 0.25) is 11.6 Å². The molecule has 0 radical (unpaired) electrons. The van der Waals surface area contributed by atoms with E-state index in [4.69, 9.17) is 42.5 Å². The number of ether oxygens (including phenoxy) is 3. The monoisotopic (exact) mass is 587 g/mol. The third kappa shape index (κ3) is 6.32. The van der Waals surface area contributed by atoms with Crippen LogP contribution in [0, 0.1) is 24.8 Å². The smallest absolute Gasteiger partial charge is 0.236 e. The highest BCUT2D eigenvalue weighted by molar-refractivity contribution is 7.98. The summed E-state index contributed by atoms with van der Waals surface area (Å²) in [5, 5.41) is 11.2. The minimum atomic E-state index is -0.621. The quantitative estimate of drug-likeness (QED) is 0.168. The lowest BCUT2D eigenvalue weighted by Crippen LogP contribution is -2.25. The lowest BCUT2D eigenvalue weighted by Gasteiger charge is -2.17. The van der Waals surface area contributed by atoms with E-state index in [-0.39, 0.29) is 23.2 Å². The Labute approximate surface area is 247 Å². The van der Waals surface area contributed by atoms with Gasteiger partial charge in [0.05, 0.1) is 24.4 Å². The molecule has 1 fully saturated rings. The van der Waals surface area contributed by atoms with Gasteiger partial charge in [-0.1, -0.05) is 35.5 Å². The summed E-state index contributed by atoms with van der Waals surface area (Å²) in [6.07, 6.45) is -0.168. The van der Waals surface area contributed by atoms with E-state index in [0.717, 1.165) is 5.56 Å². The first-order valence-corrected chi connectivity index (χ1v) is 14.0. The van der Waals surface area contributed by atoms with Crippen LogP contribution < -0.4 is 10.5 Å². The summed E-state index contributed by atoms with van der Waals surface area (Å²) in [4.78, 5) is 12.6. The number of hydrogen-bond acceptors (Lipinski definition) is 9. The van der Waals surface area contributed by atoms with Crippen molar-refractivity contribution in [1.82, 2.24) is 9.97 Å². The highest BCUT2D eigenvalue weighted by Crippen LogP contribution is 2.42. The normalized spacial score (nSPS) is 15.8. The summed E-state index contributed by atoms with van der Waals surface area (Å²) in [5.41, 5.74) is 9.20. The Balaban J connectivity index is 1.37. The zero-order valence-electron chi connectivity index (χ0n) is 22.6. The van der Waals surface area contributed by atoms with Gasteiger partial charge in [0.25, 0.3) is 0 Å². The predicted molar refractivity (Wildman–Crippen MR) is 157 cm³/mol. The van der Waals surface area contributed by atoms with Crippen LogP contribution in [0.2, 0.25) is 5.02 Å². The van der Waals surface area contributed by atoms with Crippen LogP contribution in [0.1, 0.15) is 30.9 Å². The molecule has 0 saturated carbocycles. The van der Waals surface area contributed by atoms with E-state index in [1.807, 2.05) is 32.9 Å². The molecule has 208 valence electrons. The molecule has 0 spiro atoms. The van der Waals surface area contributed by atoms with Gasteiger partial charge in [-0.2, -0.15) is 5.26 Å². The number of aromatic nitrogens is 2. The maximum absolute atomic E-state index is 10.2. The number of nitrogen functional groups attached to an aromatic ring is 1. The van der Waals surface area contributed by atoms with Gasteiger partial charge >= 0.3 is 0 Å². The molecule has 2 N–H and O–H groups in total. The summed E-state index contributed by atoms with van der Waals surface area (Å²) in [5.74, 6) is 1.57. The van der Waals surface area contributed by atoms with Crippen molar-refractivity contribution >= 4 is 34.9 Å². The number of nitrogens with zero attached hydrogens (tertiary/aromatic N) is 4. The summed E-state index contributed by atoms with van der Waals surface area (Å²) in [7, 11) is 0. The molecule has 2 aromatic heterocycles. The highest BCUT2D eigenvalue weighted by Gasteiger charge is 2.33. The molecule has 1 aliphatic heterocycles. The van der Waals surface area contributed by atoms with Crippen molar-refractivity contribution in [3.05, 3.63) is 82.0 Å². The number of pyridine rings is 1. The Morgan fingerprint density at radius 3 is 2.51 bits per heavy atom. The van der Waals surface area contributed by atoms with Crippen LogP contribution in [-0.4, -0.2) is 35.1 Å². The molecule has 11 heteroatoms. The van der Waals surface area contributed by atoms with E-state index >= 15 is 0 Å². The fourth-order valence-corrected chi connectivity index (χ4v) is 5.46. The van der Waals surface area contributed by atoms with E-state index in [9.17, 15) is 5.26 Å². The largest absolute Gasteiger partial charge is 0.491 e. The minimum absolute atomic E-state index is 0.0524. The predicted octanol–water partition coefficient (Wildman–Crippen LogP) is 7.19. The number of rotatable bonds is 8. The third-order valence-electron chi connectivity index (χ3n) is 6.36. The minimum Gasteiger partial charge on any atom is -0.491 e. The molecule has 9 nitrogen and oxygen atoms in total. The summed E-state index contributed by atoms with van der Waals surface area (Å²) < 4.78 is 23.1. The van der Waals surface area contributed by atoms with Crippen molar-refractivity contribution in [3.63, 3.8) is 0 Å². The first-order valence-electron chi connectivity index (χ1n) is 12.7. The van der Waals surface area contributed by atoms with Crippen LogP contribution >= 0.6 is 23.4 Å². The van der Waals surface area contributed by atoms with Crippen molar-refractivity contribution < 1.29 is 18.6 Å². The van der Waals surface area contributed by atoms with Crippen molar-refractivity contribution in [2.24, 2.45) is 0 Å². The maximum Gasteiger partial charge on any atom is 0.236 e.